The minimum absolute atomic E-state index is 0.151. The quantitative estimate of drug-likeness (QED) is 0.579. The first-order valence-corrected chi connectivity index (χ1v) is 9.74. The van der Waals surface area contributed by atoms with E-state index in [9.17, 15) is 9.59 Å². The lowest BCUT2D eigenvalue weighted by atomic mass is 10.2. The van der Waals surface area contributed by atoms with Crippen LogP contribution in [0, 0.1) is 0 Å². The van der Waals surface area contributed by atoms with Crippen LogP contribution in [0.4, 0.5) is 11.4 Å². The normalized spacial score (nSPS) is 11.6. The number of nitrogens with zero attached hydrogens (tertiary/aromatic N) is 3. The Morgan fingerprint density at radius 1 is 1.14 bits per heavy atom. The van der Waals surface area contributed by atoms with Gasteiger partial charge in [0.25, 0.3) is 0 Å². The van der Waals surface area contributed by atoms with Crippen LogP contribution in [0.15, 0.2) is 60.0 Å². The van der Waals surface area contributed by atoms with Gasteiger partial charge >= 0.3 is 0 Å². The topological polar surface area (TPSA) is 98.1 Å². The summed E-state index contributed by atoms with van der Waals surface area (Å²) in [4.78, 5) is 23.9. The third-order valence-corrected chi connectivity index (χ3v) is 5.03. The molecule has 9 heteroatoms. The molecule has 0 bridgehead atoms. The van der Waals surface area contributed by atoms with Crippen molar-refractivity contribution in [3.8, 4) is 11.4 Å². The molecule has 0 aliphatic carbocycles. The largest absolute Gasteiger partial charge is 0.495 e. The molecule has 29 heavy (non-hydrogen) atoms. The lowest BCUT2D eigenvalue weighted by Crippen LogP contribution is -2.23. The number of benzene rings is 2. The molecule has 2 amide bonds. The van der Waals surface area contributed by atoms with Gasteiger partial charge in [0.05, 0.1) is 23.7 Å². The number of anilines is 2. The maximum atomic E-state index is 12.6. The van der Waals surface area contributed by atoms with Gasteiger partial charge in [-0.05, 0) is 37.3 Å². The molecule has 0 saturated carbocycles. The van der Waals surface area contributed by atoms with Crippen molar-refractivity contribution in [3.05, 3.63) is 54.9 Å². The Balaban J connectivity index is 1.74. The highest BCUT2D eigenvalue weighted by Crippen LogP contribution is 2.28. The first-order valence-electron chi connectivity index (χ1n) is 8.86. The first kappa shape index (κ1) is 20.4. The smallest absolute Gasteiger partial charge is 0.237 e. The number of hydrogen-bond donors (Lipinski definition) is 2. The lowest BCUT2D eigenvalue weighted by molar-refractivity contribution is -0.115. The Kier molecular flexibility index (Phi) is 6.50. The Morgan fingerprint density at radius 3 is 2.69 bits per heavy atom. The van der Waals surface area contributed by atoms with Gasteiger partial charge in [-0.15, -0.1) is 10.2 Å². The number of thioether (sulfide) groups is 1. The summed E-state index contributed by atoms with van der Waals surface area (Å²) >= 11 is 1.28. The maximum absolute atomic E-state index is 12.6. The fourth-order valence-corrected chi connectivity index (χ4v) is 3.46. The average molecular weight is 411 g/mol. The Hall–Kier alpha value is -3.33. The predicted molar refractivity (Wildman–Crippen MR) is 113 cm³/mol. The van der Waals surface area contributed by atoms with E-state index in [1.54, 1.807) is 43.1 Å². The fraction of sp³-hybridized carbons (Fsp3) is 0.200. The van der Waals surface area contributed by atoms with E-state index in [4.69, 9.17) is 4.74 Å². The molecule has 150 valence electrons. The molecule has 0 aliphatic heterocycles. The van der Waals surface area contributed by atoms with Gasteiger partial charge in [-0.2, -0.15) is 0 Å². The molecule has 8 nitrogen and oxygen atoms in total. The van der Waals surface area contributed by atoms with Gasteiger partial charge < -0.3 is 15.4 Å². The molecule has 3 rings (SSSR count). The number of carbonyl (C=O) groups is 2. The van der Waals surface area contributed by atoms with Crippen LogP contribution in [-0.2, 0) is 9.59 Å². The number of aromatic nitrogens is 3. The second-order valence-electron chi connectivity index (χ2n) is 6.16. The molecule has 0 radical (unpaired) electrons. The molecule has 0 unspecified atom stereocenters. The molecule has 3 aromatic rings. The third-order valence-electron chi connectivity index (χ3n) is 3.98. The standard InChI is InChI=1S/C20H21N5O3S/c1-13(19(27)23-17-9-4-5-10-18(17)28-3)29-20-24-21-12-25(20)16-8-6-7-15(11-16)22-14(2)26/h4-13H,1-3H3,(H,22,26)(H,23,27)/t13-/m0/s1. The second-order valence-corrected chi connectivity index (χ2v) is 7.47. The number of nitrogens with one attached hydrogen (secondary N) is 2. The first-order chi connectivity index (χ1) is 14.0. The molecule has 0 aliphatic rings. The Labute approximate surface area is 172 Å². The van der Waals surface area contributed by atoms with E-state index in [0.29, 0.717) is 22.3 Å². The van der Waals surface area contributed by atoms with Crippen LogP contribution >= 0.6 is 11.8 Å². The minimum atomic E-state index is -0.429. The molecule has 1 heterocycles. The van der Waals surface area contributed by atoms with Crippen molar-refractivity contribution in [1.29, 1.82) is 0 Å². The number of rotatable bonds is 7. The average Bonchev–Trinajstić information content (AvgIpc) is 3.16. The molecule has 0 spiro atoms. The van der Waals surface area contributed by atoms with Gasteiger partial charge in [0, 0.05) is 12.6 Å². The van der Waals surface area contributed by atoms with Crippen molar-refractivity contribution in [2.24, 2.45) is 0 Å². The van der Waals surface area contributed by atoms with Crippen molar-refractivity contribution in [3.63, 3.8) is 0 Å². The van der Waals surface area contributed by atoms with Crippen molar-refractivity contribution in [2.75, 3.05) is 17.7 Å². The number of carbonyl (C=O) groups excluding carboxylic acids is 2. The van der Waals surface area contributed by atoms with Crippen LogP contribution in [-0.4, -0.2) is 38.9 Å². The van der Waals surface area contributed by atoms with Crippen LogP contribution in [0.5, 0.6) is 5.75 Å². The second kappa shape index (κ2) is 9.24. The summed E-state index contributed by atoms with van der Waals surface area (Å²) in [7, 11) is 1.56. The van der Waals surface area contributed by atoms with Gasteiger partial charge in [-0.25, -0.2) is 0 Å². The number of methoxy groups -OCH3 is 1. The van der Waals surface area contributed by atoms with Gasteiger partial charge in [0.15, 0.2) is 5.16 Å². The molecule has 1 atom stereocenters. The zero-order valence-electron chi connectivity index (χ0n) is 16.2. The minimum Gasteiger partial charge on any atom is -0.495 e. The number of amides is 2. The van der Waals surface area contributed by atoms with Crippen molar-refractivity contribution in [1.82, 2.24) is 14.8 Å². The van der Waals surface area contributed by atoms with E-state index < -0.39 is 5.25 Å². The van der Waals surface area contributed by atoms with Gasteiger partial charge in [0.1, 0.15) is 12.1 Å². The van der Waals surface area contributed by atoms with E-state index in [1.165, 1.54) is 18.7 Å². The molecule has 2 aromatic carbocycles. The summed E-state index contributed by atoms with van der Waals surface area (Å²) in [6, 6.07) is 14.5. The van der Waals surface area contributed by atoms with Crippen LogP contribution in [0.3, 0.4) is 0 Å². The van der Waals surface area contributed by atoms with E-state index in [1.807, 2.05) is 30.3 Å². The zero-order valence-corrected chi connectivity index (χ0v) is 17.1. The number of hydrogen-bond acceptors (Lipinski definition) is 6. The summed E-state index contributed by atoms with van der Waals surface area (Å²) in [5, 5.41) is 13.9. The van der Waals surface area contributed by atoms with Crippen LogP contribution in [0.1, 0.15) is 13.8 Å². The molecular formula is C20H21N5O3S. The summed E-state index contributed by atoms with van der Waals surface area (Å²) in [6.45, 7) is 3.25. The Morgan fingerprint density at radius 2 is 1.93 bits per heavy atom. The highest BCUT2D eigenvalue weighted by Gasteiger charge is 2.19. The van der Waals surface area contributed by atoms with Crippen molar-refractivity contribution >= 4 is 35.0 Å². The maximum Gasteiger partial charge on any atom is 0.237 e. The molecule has 0 saturated heterocycles. The summed E-state index contributed by atoms with van der Waals surface area (Å²) in [6.07, 6.45) is 1.57. The predicted octanol–water partition coefficient (Wildman–Crippen LogP) is 3.35. The van der Waals surface area contributed by atoms with E-state index >= 15 is 0 Å². The number of para-hydroxylation sites is 2. The highest BCUT2D eigenvalue weighted by atomic mass is 32.2. The van der Waals surface area contributed by atoms with Gasteiger partial charge in [-0.1, -0.05) is 30.0 Å². The van der Waals surface area contributed by atoms with Gasteiger partial charge in [0.2, 0.25) is 11.8 Å². The zero-order chi connectivity index (χ0) is 20.8. The van der Waals surface area contributed by atoms with E-state index in [0.717, 1.165) is 5.69 Å². The van der Waals surface area contributed by atoms with Crippen LogP contribution in [0.25, 0.3) is 5.69 Å². The third kappa shape index (κ3) is 5.14. The summed E-state index contributed by atoms with van der Waals surface area (Å²) in [5.74, 6) is 0.263. The monoisotopic (exact) mass is 411 g/mol. The van der Waals surface area contributed by atoms with Crippen LogP contribution < -0.4 is 15.4 Å². The van der Waals surface area contributed by atoms with Crippen LogP contribution in [0.2, 0.25) is 0 Å². The van der Waals surface area contributed by atoms with E-state index in [2.05, 4.69) is 20.8 Å². The highest BCUT2D eigenvalue weighted by molar-refractivity contribution is 8.00. The summed E-state index contributed by atoms with van der Waals surface area (Å²) < 4.78 is 7.04. The lowest BCUT2D eigenvalue weighted by Gasteiger charge is -2.14. The van der Waals surface area contributed by atoms with Crippen molar-refractivity contribution in [2.45, 2.75) is 24.3 Å². The van der Waals surface area contributed by atoms with Gasteiger partial charge in [-0.3, -0.25) is 14.2 Å². The number of ether oxygens (including phenoxy) is 1. The molecular weight excluding hydrogens is 390 g/mol. The fourth-order valence-electron chi connectivity index (χ4n) is 2.61. The molecule has 1 aromatic heterocycles. The summed E-state index contributed by atoms with van der Waals surface area (Å²) in [5.41, 5.74) is 2.06. The molecule has 2 N–H and O–H groups in total. The molecule has 0 fully saturated rings. The Bertz CT molecular complexity index is 1020. The van der Waals surface area contributed by atoms with E-state index in [-0.39, 0.29) is 11.8 Å². The SMILES string of the molecule is COc1ccccc1NC(=O)[C@H](C)Sc1nncn1-c1cccc(NC(C)=O)c1. The van der Waals surface area contributed by atoms with Crippen molar-refractivity contribution < 1.29 is 14.3 Å².